The first-order valence-corrected chi connectivity index (χ1v) is 7.19. The summed E-state index contributed by atoms with van der Waals surface area (Å²) < 4.78 is 0. The molecule has 1 unspecified atom stereocenters. The Hall–Kier alpha value is -1.60. The van der Waals surface area contributed by atoms with Gasteiger partial charge in [-0.25, -0.2) is 4.98 Å². The Balaban J connectivity index is 2.00. The summed E-state index contributed by atoms with van der Waals surface area (Å²) in [4.78, 5) is 22.7. The minimum Gasteiger partial charge on any atom is -0.391 e. The van der Waals surface area contributed by atoms with E-state index in [9.17, 15) is 4.79 Å². The van der Waals surface area contributed by atoms with Crippen molar-refractivity contribution in [3.8, 4) is 0 Å². The Morgan fingerprint density at radius 2 is 2.10 bits per heavy atom. The van der Waals surface area contributed by atoms with E-state index in [1.165, 1.54) is 6.33 Å². The molecule has 1 fully saturated rings. The number of H-pyrrole nitrogens is 1. The summed E-state index contributed by atoms with van der Waals surface area (Å²) in [6.45, 7) is 6.37. The molecule has 7 nitrogen and oxygen atoms in total. The number of hydrogen-bond donors (Lipinski definition) is 3. The third kappa shape index (κ3) is 3.10. The van der Waals surface area contributed by atoms with Gasteiger partial charge in [-0.1, -0.05) is 13.3 Å². The molecule has 2 heterocycles. The summed E-state index contributed by atoms with van der Waals surface area (Å²) in [5.41, 5.74) is 11.6. The van der Waals surface area contributed by atoms with Gasteiger partial charge in [-0.3, -0.25) is 9.69 Å². The number of anilines is 2. The first-order valence-electron chi connectivity index (χ1n) is 7.19. The Bertz CT molecular complexity index is 480. The maximum atomic E-state index is 11.5. The van der Waals surface area contributed by atoms with Crippen LogP contribution in [0.4, 0.5) is 11.5 Å². The zero-order valence-corrected chi connectivity index (χ0v) is 12.0. The second-order valence-corrected chi connectivity index (χ2v) is 5.17. The molecule has 0 aliphatic carbocycles. The highest BCUT2D eigenvalue weighted by Gasteiger charge is 2.24. The van der Waals surface area contributed by atoms with Gasteiger partial charge in [0.1, 0.15) is 5.69 Å². The van der Waals surface area contributed by atoms with Gasteiger partial charge < -0.3 is 21.4 Å². The number of hydrogen-bond acceptors (Lipinski definition) is 6. The number of nitrogens with two attached hydrogens (primary N) is 2. The van der Waals surface area contributed by atoms with Crippen LogP contribution in [-0.4, -0.2) is 53.6 Å². The lowest BCUT2D eigenvalue weighted by Gasteiger charge is -2.39. The van der Waals surface area contributed by atoms with E-state index in [0.717, 1.165) is 39.0 Å². The average molecular weight is 280 g/mol. The van der Waals surface area contributed by atoms with E-state index in [2.05, 4.69) is 26.7 Å². The zero-order valence-electron chi connectivity index (χ0n) is 12.0. The molecule has 0 spiro atoms. The van der Waals surface area contributed by atoms with E-state index in [-0.39, 0.29) is 11.2 Å². The molecule has 1 aliphatic heterocycles. The van der Waals surface area contributed by atoms with E-state index >= 15 is 0 Å². The molecule has 7 heteroatoms. The largest absolute Gasteiger partial charge is 0.391 e. The molecule has 1 aliphatic rings. The van der Waals surface area contributed by atoms with Crippen LogP contribution in [0.5, 0.6) is 0 Å². The van der Waals surface area contributed by atoms with Crippen LogP contribution >= 0.6 is 0 Å². The highest BCUT2D eigenvalue weighted by atomic mass is 16.1. The van der Waals surface area contributed by atoms with Crippen molar-refractivity contribution in [3.63, 3.8) is 0 Å². The molecule has 1 aromatic heterocycles. The summed E-state index contributed by atoms with van der Waals surface area (Å²) >= 11 is 0. The molecule has 5 N–H and O–H groups in total. The van der Waals surface area contributed by atoms with Gasteiger partial charge in [-0.15, -0.1) is 0 Å². The predicted molar refractivity (Wildman–Crippen MR) is 80.8 cm³/mol. The molecule has 0 radical (unpaired) electrons. The number of rotatable bonds is 5. The highest BCUT2D eigenvalue weighted by Crippen LogP contribution is 2.18. The lowest BCUT2D eigenvalue weighted by atomic mass is 10.1. The third-order valence-electron chi connectivity index (χ3n) is 3.89. The predicted octanol–water partition coefficient (Wildman–Crippen LogP) is -0.398. The highest BCUT2D eigenvalue weighted by molar-refractivity contribution is 5.61. The molecule has 2 rings (SSSR count). The van der Waals surface area contributed by atoms with Crippen LogP contribution in [0.2, 0.25) is 0 Å². The van der Waals surface area contributed by atoms with Crippen molar-refractivity contribution >= 4 is 11.5 Å². The van der Waals surface area contributed by atoms with Gasteiger partial charge in [-0.05, 0) is 6.42 Å². The molecule has 112 valence electrons. The fourth-order valence-corrected chi connectivity index (χ4v) is 2.73. The van der Waals surface area contributed by atoms with E-state index in [1.54, 1.807) is 0 Å². The lowest BCUT2D eigenvalue weighted by molar-refractivity contribution is 0.179. The number of aromatic amines is 1. The fourth-order valence-electron chi connectivity index (χ4n) is 2.73. The normalized spacial score (nSPS) is 18.2. The smallest absolute Gasteiger partial charge is 0.276 e. The molecular weight excluding hydrogens is 256 g/mol. The quantitative estimate of drug-likeness (QED) is 0.678. The van der Waals surface area contributed by atoms with Crippen LogP contribution in [0.25, 0.3) is 0 Å². The van der Waals surface area contributed by atoms with Gasteiger partial charge in [0, 0.05) is 38.8 Å². The SMILES string of the molecule is CCCC(CN)N1CCN(c2nc[nH]c(=O)c2N)CC1. The average Bonchev–Trinajstić information content (AvgIpc) is 2.48. The van der Waals surface area contributed by atoms with Crippen LogP contribution in [-0.2, 0) is 0 Å². The van der Waals surface area contributed by atoms with Crippen molar-refractivity contribution in [2.75, 3.05) is 43.4 Å². The first kappa shape index (κ1) is 14.8. The standard InChI is InChI=1S/C13H24N6O/c1-2-3-10(8-14)18-4-6-19(7-5-18)12-11(15)13(20)17-9-16-12/h9-10H,2-8,14-15H2,1H3,(H,16,17,20). The summed E-state index contributed by atoms with van der Waals surface area (Å²) in [6.07, 6.45) is 3.67. The van der Waals surface area contributed by atoms with E-state index in [4.69, 9.17) is 11.5 Å². The lowest BCUT2D eigenvalue weighted by Crippen LogP contribution is -2.52. The van der Waals surface area contributed by atoms with Gasteiger partial charge in [0.25, 0.3) is 5.56 Å². The zero-order chi connectivity index (χ0) is 14.5. The molecular formula is C13H24N6O. The summed E-state index contributed by atoms with van der Waals surface area (Å²) in [5, 5.41) is 0. The summed E-state index contributed by atoms with van der Waals surface area (Å²) in [6, 6.07) is 0.451. The van der Waals surface area contributed by atoms with Gasteiger partial charge in [0.2, 0.25) is 0 Å². The monoisotopic (exact) mass is 280 g/mol. The van der Waals surface area contributed by atoms with E-state index in [1.807, 2.05) is 0 Å². The molecule has 1 aromatic rings. The van der Waals surface area contributed by atoms with Crippen LogP contribution < -0.4 is 21.9 Å². The first-order chi connectivity index (χ1) is 9.67. The van der Waals surface area contributed by atoms with Crippen LogP contribution in [0.1, 0.15) is 19.8 Å². The maximum Gasteiger partial charge on any atom is 0.276 e. The van der Waals surface area contributed by atoms with E-state index in [0.29, 0.717) is 18.4 Å². The Morgan fingerprint density at radius 1 is 1.40 bits per heavy atom. The molecule has 0 aromatic carbocycles. The second kappa shape index (κ2) is 6.71. The van der Waals surface area contributed by atoms with Crippen molar-refractivity contribution < 1.29 is 0 Å². The Morgan fingerprint density at radius 3 is 2.70 bits per heavy atom. The minimum atomic E-state index is -0.275. The summed E-state index contributed by atoms with van der Waals surface area (Å²) in [7, 11) is 0. The van der Waals surface area contributed by atoms with Crippen LogP contribution in [0, 0.1) is 0 Å². The van der Waals surface area contributed by atoms with Gasteiger partial charge in [0.15, 0.2) is 5.82 Å². The van der Waals surface area contributed by atoms with Crippen molar-refractivity contribution in [2.45, 2.75) is 25.8 Å². The van der Waals surface area contributed by atoms with Gasteiger partial charge in [0.05, 0.1) is 6.33 Å². The van der Waals surface area contributed by atoms with Crippen molar-refractivity contribution in [1.29, 1.82) is 0 Å². The summed E-state index contributed by atoms with van der Waals surface area (Å²) in [5.74, 6) is 0.591. The molecule has 1 saturated heterocycles. The number of nitrogens with one attached hydrogen (secondary N) is 1. The maximum absolute atomic E-state index is 11.5. The molecule has 0 bridgehead atoms. The fraction of sp³-hybridized carbons (Fsp3) is 0.692. The molecule has 0 amide bonds. The minimum absolute atomic E-state index is 0.199. The van der Waals surface area contributed by atoms with Crippen LogP contribution in [0.3, 0.4) is 0 Å². The third-order valence-corrected chi connectivity index (χ3v) is 3.89. The number of piperazine rings is 1. The molecule has 20 heavy (non-hydrogen) atoms. The molecule has 0 saturated carbocycles. The van der Waals surface area contributed by atoms with Crippen molar-refractivity contribution in [1.82, 2.24) is 14.9 Å². The number of aromatic nitrogens is 2. The number of nitrogen functional groups attached to an aromatic ring is 1. The molecule has 1 atom stereocenters. The van der Waals surface area contributed by atoms with Gasteiger partial charge in [-0.2, -0.15) is 0 Å². The van der Waals surface area contributed by atoms with Crippen molar-refractivity contribution in [3.05, 3.63) is 16.7 Å². The van der Waals surface area contributed by atoms with Crippen molar-refractivity contribution in [2.24, 2.45) is 5.73 Å². The van der Waals surface area contributed by atoms with Gasteiger partial charge >= 0.3 is 0 Å². The number of nitrogens with zero attached hydrogens (tertiary/aromatic N) is 3. The van der Waals surface area contributed by atoms with Crippen LogP contribution in [0.15, 0.2) is 11.1 Å². The second-order valence-electron chi connectivity index (χ2n) is 5.17. The van der Waals surface area contributed by atoms with E-state index < -0.39 is 0 Å². The topological polar surface area (TPSA) is 104 Å². The Kier molecular flexibility index (Phi) is 4.97. The Labute approximate surface area is 119 Å².